The Hall–Kier alpha value is -2.46. The third kappa shape index (κ3) is 7.13. The number of carbonyl (C=O) groups is 2. The summed E-state index contributed by atoms with van der Waals surface area (Å²) in [5.74, 6) is -0.593. The molecule has 2 rings (SSSR count). The van der Waals surface area contributed by atoms with E-state index >= 15 is 0 Å². The van der Waals surface area contributed by atoms with Gasteiger partial charge in [0.25, 0.3) is 0 Å². The number of rotatable bonds is 8. The van der Waals surface area contributed by atoms with Crippen LogP contribution in [0.25, 0.3) is 0 Å². The van der Waals surface area contributed by atoms with Crippen LogP contribution in [0.5, 0.6) is 0 Å². The molecule has 10 heteroatoms. The van der Waals surface area contributed by atoms with E-state index in [-0.39, 0.29) is 29.8 Å². The Labute approximate surface area is 175 Å². The monoisotopic (exact) mass is 438 g/mol. The van der Waals surface area contributed by atoms with Gasteiger partial charge in [0.15, 0.2) is 0 Å². The third-order valence-electron chi connectivity index (χ3n) is 4.12. The summed E-state index contributed by atoms with van der Waals surface area (Å²) in [6.45, 7) is 4.21. The van der Waals surface area contributed by atoms with E-state index in [9.17, 15) is 18.0 Å². The molecule has 0 aliphatic heterocycles. The molecule has 0 saturated heterocycles. The lowest BCUT2D eigenvalue weighted by molar-refractivity contribution is -0.119. The van der Waals surface area contributed by atoms with Crippen molar-refractivity contribution in [3.8, 4) is 0 Å². The van der Waals surface area contributed by atoms with Gasteiger partial charge < -0.3 is 10.6 Å². The van der Waals surface area contributed by atoms with Crippen molar-refractivity contribution in [3.05, 3.63) is 53.1 Å². The van der Waals surface area contributed by atoms with Crippen LogP contribution in [0.1, 0.15) is 12.5 Å². The van der Waals surface area contributed by atoms with Crippen molar-refractivity contribution in [2.24, 2.45) is 5.14 Å². The molecule has 2 aromatic rings. The van der Waals surface area contributed by atoms with Gasteiger partial charge in [0.1, 0.15) is 0 Å². The van der Waals surface area contributed by atoms with Crippen molar-refractivity contribution in [2.45, 2.75) is 18.7 Å². The molecular formula is C19H23ClN4O4S. The van der Waals surface area contributed by atoms with Crippen LogP contribution < -0.4 is 15.8 Å². The summed E-state index contributed by atoms with van der Waals surface area (Å²) in [6.07, 6.45) is 0. The van der Waals surface area contributed by atoms with Gasteiger partial charge in [-0.05, 0) is 55.4 Å². The van der Waals surface area contributed by atoms with Crippen molar-refractivity contribution in [3.63, 3.8) is 0 Å². The van der Waals surface area contributed by atoms with Gasteiger partial charge in [0.05, 0.1) is 18.0 Å². The number of halogens is 1. The highest BCUT2D eigenvalue weighted by molar-refractivity contribution is 7.89. The number of hydrogen-bond donors (Lipinski definition) is 3. The highest BCUT2D eigenvalue weighted by atomic mass is 35.5. The number of anilines is 2. The van der Waals surface area contributed by atoms with Crippen LogP contribution in [-0.4, -0.2) is 44.8 Å². The normalized spacial score (nSPS) is 11.3. The Morgan fingerprint density at radius 3 is 2.17 bits per heavy atom. The maximum Gasteiger partial charge on any atom is 0.238 e. The van der Waals surface area contributed by atoms with Crippen LogP contribution in [0, 0.1) is 6.92 Å². The van der Waals surface area contributed by atoms with Crippen molar-refractivity contribution < 1.29 is 18.0 Å². The standard InChI is InChI=1S/C19H23ClN4O4S/c1-3-24(12-19(26)23-17-10-14(20)5-4-13(17)2)11-18(25)22-15-6-8-16(9-7-15)29(21,27)28/h4-10H,3,11-12H2,1-2H3,(H,22,25)(H,23,26)(H2,21,27,28). The van der Waals surface area contributed by atoms with Crippen LogP contribution in [-0.2, 0) is 19.6 Å². The second kappa shape index (κ2) is 9.84. The van der Waals surface area contributed by atoms with Crippen LogP contribution in [0.15, 0.2) is 47.4 Å². The van der Waals surface area contributed by atoms with Crippen LogP contribution in [0.4, 0.5) is 11.4 Å². The van der Waals surface area contributed by atoms with Gasteiger partial charge in [-0.3, -0.25) is 14.5 Å². The first-order valence-electron chi connectivity index (χ1n) is 8.79. The van der Waals surface area contributed by atoms with Crippen LogP contribution in [0.3, 0.4) is 0 Å². The molecule has 2 amide bonds. The molecule has 8 nitrogen and oxygen atoms in total. The Morgan fingerprint density at radius 1 is 1.03 bits per heavy atom. The summed E-state index contributed by atoms with van der Waals surface area (Å²) in [4.78, 5) is 26.2. The Bertz CT molecular complexity index is 994. The van der Waals surface area contributed by atoms with Crippen molar-refractivity contribution in [1.82, 2.24) is 4.90 Å². The average molecular weight is 439 g/mol. The number of nitrogens with two attached hydrogens (primary N) is 1. The smallest absolute Gasteiger partial charge is 0.238 e. The summed E-state index contributed by atoms with van der Waals surface area (Å²) in [6, 6.07) is 10.7. The number of aryl methyl sites for hydroxylation is 1. The fourth-order valence-electron chi connectivity index (χ4n) is 2.53. The molecule has 4 N–H and O–H groups in total. The Balaban J connectivity index is 1.92. The number of carbonyl (C=O) groups excluding carboxylic acids is 2. The van der Waals surface area contributed by atoms with E-state index in [1.165, 1.54) is 24.3 Å². The predicted molar refractivity (Wildman–Crippen MR) is 113 cm³/mol. The highest BCUT2D eigenvalue weighted by Crippen LogP contribution is 2.20. The van der Waals surface area contributed by atoms with Crippen molar-refractivity contribution >= 4 is 44.8 Å². The number of likely N-dealkylation sites (N-methyl/N-ethyl adjacent to an activating group) is 1. The maximum absolute atomic E-state index is 12.3. The fraction of sp³-hybridized carbons (Fsp3) is 0.263. The SMILES string of the molecule is CCN(CC(=O)Nc1ccc(S(N)(=O)=O)cc1)CC(=O)Nc1cc(Cl)ccc1C. The second-order valence-electron chi connectivity index (χ2n) is 6.43. The van der Waals surface area contributed by atoms with Gasteiger partial charge in [0.2, 0.25) is 21.8 Å². The molecular weight excluding hydrogens is 416 g/mol. The van der Waals surface area contributed by atoms with Crippen molar-refractivity contribution in [1.29, 1.82) is 0 Å². The predicted octanol–water partition coefficient (Wildman–Crippen LogP) is 2.19. The Kier molecular flexibility index (Phi) is 7.74. The number of hydrogen-bond acceptors (Lipinski definition) is 5. The zero-order valence-corrected chi connectivity index (χ0v) is 17.7. The molecule has 29 heavy (non-hydrogen) atoms. The zero-order chi connectivity index (χ0) is 21.6. The molecule has 0 fully saturated rings. The largest absolute Gasteiger partial charge is 0.325 e. The van der Waals surface area contributed by atoms with E-state index in [0.29, 0.717) is 22.9 Å². The maximum atomic E-state index is 12.3. The number of primary sulfonamides is 1. The topological polar surface area (TPSA) is 122 Å². The summed E-state index contributed by atoms with van der Waals surface area (Å²) in [7, 11) is -3.79. The molecule has 0 aromatic heterocycles. The van der Waals surface area contributed by atoms with E-state index in [4.69, 9.17) is 16.7 Å². The molecule has 156 valence electrons. The fourth-order valence-corrected chi connectivity index (χ4v) is 3.22. The molecule has 0 heterocycles. The highest BCUT2D eigenvalue weighted by Gasteiger charge is 2.15. The van der Waals surface area contributed by atoms with E-state index in [0.717, 1.165) is 5.56 Å². The van der Waals surface area contributed by atoms with Gasteiger partial charge in [-0.1, -0.05) is 24.6 Å². The van der Waals surface area contributed by atoms with Crippen LogP contribution in [0.2, 0.25) is 5.02 Å². The molecule has 0 radical (unpaired) electrons. The molecule has 0 saturated carbocycles. The van der Waals surface area contributed by atoms with Crippen molar-refractivity contribution in [2.75, 3.05) is 30.3 Å². The van der Waals surface area contributed by atoms with Gasteiger partial charge in [-0.25, -0.2) is 13.6 Å². The van der Waals surface area contributed by atoms with E-state index in [2.05, 4.69) is 10.6 Å². The molecule has 0 unspecified atom stereocenters. The molecule has 0 spiro atoms. The summed E-state index contributed by atoms with van der Waals surface area (Å²) in [5.41, 5.74) is 1.93. The minimum absolute atomic E-state index is 0.00458. The molecule has 0 bridgehead atoms. The number of amides is 2. The number of sulfonamides is 1. The second-order valence-corrected chi connectivity index (χ2v) is 8.43. The number of nitrogens with one attached hydrogen (secondary N) is 2. The first-order valence-corrected chi connectivity index (χ1v) is 10.7. The molecule has 0 atom stereocenters. The first kappa shape index (κ1) is 22.8. The quantitative estimate of drug-likeness (QED) is 0.583. The lowest BCUT2D eigenvalue weighted by Crippen LogP contribution is -2.38. The van der Waals surface area contributed by atoms with E-state index < -0.39 is 10.0 Å². The lowest BCUT2D eigenvalue weighted by Gasteiger charge is -2.20. The molecule has 2 aromatic carbocycles. The van der Waals surface area contributed by atoms with Gasteiger partial charge >= 0.3 is 0 Å². The summed E-state index contributed by atoms with van der Waals surface area (Å²) < 4.78 is 22.5. The Morgan fingerprint density at radius 2 is 1.62 bits per heavy atom. The minimum atomic E-state index is -3.79. The first-order chi connectivity index (χ1) is 13.6. The van der Waals surface area contributed by atoms with E-state index in [1.54, 1.807) is 17.0 Å². The minimum Gasteiger partial charge on any atom is -0.325 e. The molecule has 0 aliphatic rings. The van der Waals surface area contributed by atoms with E-state index in [1.807, 2.05) is 19.9 Å². The zero-order valence-electron chi connectivity index (χ0n) is 16.1. The lowest BCUT2D eigenvalue weighted by atomic mass is 10.2. The third-order valence-corrected chi connectivity index (χ3v) is 5.29. The van der Waals surface area contributed by atoms with Gasteiger partial charge in [-0.2, -0.15) is 0 Å². The number of benzene rings is 2. The molecule has 0 aliphatic carbocycles. The van der Waals surface area contributed by atoms with Gasteiger partial charge in [0, 0.05) is 16.4 Å². The average Bonchev–Trinajstić information content (AvgIpc) is 2.63. The van der Waals surface area contributed by atoms with Crippen LogP contribution >= 0.6 is 11.6 Å². The number of nitrogens with zero attached hydrogens (tertiary/aromatic N) is 1. The summed E-state index contributed by atoms with van der Waals surface area (Å²) in [5, 5.41) is 11.0. The summed E-state index contributed by atoms with van der Waals surface area (Å²) >= 11 is 5.96. The van der Waals surface area contributed by atoms with Gasteiger partial charge in [-0.15, -0.1) is 0 Å².